The van der Waals surface area contributed by atoms with Crippen LogP contribution in [0.4, 0.5) is 0 Å². The van der Waals surface area contributed by atoms with Gasteiger partial charge in [-0.1, -0.05) is 72.8 Å². The second-order valence-electron chi connectivity index (χ2n) is 5.53. The number of rotatable bonds is 7. The van der Waals surface area contributed by atoms with E-state index in [1.165, 1.54) is 5.56 Å². The molecule has 0 aliphatic rings. The van der Waals surface area contributed by atoms with Gasteiger partial charge in [-0.3, -0.25) is 0 Å². The Morgan fingerprint density at radius 1 is 1.08 bits per heavy atom. The summed E-state index contributed by atoms with van der Waals surface area (Å²) in [5, 5.41) is 14.8. The van der Waals surface area contributed by atoms with Gasteiger partial charge in [-0.15, -0.1) is 10.2 Å². The van der Waals surface area contributed by atoms with Crippen molar-refractivity contribution in [3.63, 3.8) is 0 Å². The molecule has 2 aromatic carbocycles. The van der Waals surface area contributed by atoms with E-state index in [0.29, 0.717) is 0 Å². The molecule has 0 aliphatic heterocycles. The largest absolute Gasteiger partial charge is 0.212 e. The lowest BCUT2D eigenvalue weighted by Gasteiger charge is -2.04. The summed E-state index contributed by atoms with van der Waals surface area (Å²) < 4.78 is 1.84. The summed E-state index contributed by atoms with van der Waals surface area (Å²) in [6, 6.07) is 17.9. The summed E-state index contributed by atoms with van der Waals surface area (Å²) in [7, 11) is 0. The maximum Gasteiger partial charge on any atom is 0.212 e. The number of aryl methyl sites for hydroxylation is 1. The van der Waals surface area contributed by atoms with E-state index in [4.69, 9.17) is 11.6 Å². The second kappa shape index (κ2) is 8.83. The SMILES string of the molecule is CCCc1nnc(SCc2ccc(Cl)cc2)n1/N=C\c1ccccc1. The molecule has 0 aliphatic carbocycles. The number of aromatic nitrogens is 3. The molecule has 128 valence electrons. The van der Waals surface area contributed by atoms with Crippen LogP contribution in [0.3, 0.4) is 0 Å². The van der Waals surface area contributed by atoms with Gasteiger partial charge < -0.3 is 0 Å². The van der Waals surface area contributed by atoms with E-state index in [1.807, 2.05) is 65.5 Å². The zero-order valence-electron chi connectivity index (χ0n) is 14.0. The fraction of sp³-hybridized carbons (Fsp3) is 0.211. The van der Waals surface area contributed by atoms with Crippen molar-refractivity contribution in [2.24, 2.45) is 5.10 Å². The highest BCUT2D eigenvalue weighted by Gasteiger charge is 2.11. The fourth-order valence-electron chi connectivity index (χ4n) is 2.27. The molecule has 3 rings (SSSR count). The molecule has 0 atom stereocenters. The first-order chi connectivity index (χ1) is 12.3. The summed E-state index contributed by atoms with van der Waals surface area (Å²) in [5.41, 5.74) is 2.24. The van der Waals surface area contributed by atoms with Gasteiger partial charge in [0.2, 0.25) is 5.16 Å². The van der Waals surface area contributed by atoms with Gasteiger partial charge in [0, 0.05) is 17.2 Å². The zero-order valence-corrected chi connectivity index (χ0v) is 15.5. The van der Waals surface area contributed by atoms with Crippen LogP contribution in [0, 0.1) is 0 Å². The van der Waals surface area contributed by atoms with Gasteiger partial charge >= 0.3 is 0 Å². The monoisotopic (exact) mass is 370 g/mol. The van der Waals surface area contributed by atoms with Crippen molar-refractivity contribution in [3.8, 4) is 0 Å². The van der Waals surface area contributed by atoms with Gasteiger partial charge in [-0.25, -0.2) is 0 Å². The Hall–Kier alpha value is -2.11. The molecule has 0 saturated heterocycles. The smallest absolute Gasteiger partial charge is 0.191 e. The molecule has 1 aromatic heterocycles. The third-order valence-corrected chi connectivity index (χ3v) is 4.80. The lowest BCUT2D eigenvalue weighted by molar-refractivity contribution is 0.700. The number of halogens is 1. The molecule has 25 heavy (non-hydrogen) atoms. The van der Waals surface area contributed by atoms with E-state index in [1.54, 1.807) is 11.8 Å². The average molecular weight is 371 g/mol. The molecule has 4 nitrogen and oxygen atoms in total. The van der Waals surface area contributed by atoms with Crippen molar-refractivity contribution >= 4 is 29.6 Å². The third-order valence-electron chi connectivity index (χ3n) is 3.55. The van der Waals surface area contributed by atoms with E-state index < -0.39 is 0 Å². The van der Waals surface area contributed by atoms with Crippen molar-refractivity contribution in [3.05, 3.63) is 76.6 Å². The van der Waals surface area contributed by atoms with Crippen LogP contribution in [0.15, 0.2) is 64.9 Å². The predicted molar refractivity (Wildman–Crippen MR) is 104 cm³/mol. The Bertz CT molecular complexity index is 828. The second-order valence-corrected chi connectivity index (χ2v) is 6.91. The minimum absolute atomic E-state index is 0.745. The first-order valence-electron chi connectivity index (χ1n) is 8.17. The minimum Gasteiger partial charge on any atom is -0.191 e. The van der Waals surface area contributed by atoms with Crippen LogP contribution in [-0.4, -0.2) is 21.1 Å². The van der Waals surface area contributed by atoms with Crippen LogP contribution in [-0.2, 0) is 12.2 Å². The standard InChI is InChI=1S/C19H19ClN4S/c1-2-6-18-22-23-19(25-14-16-9-11-17(20)12-10-16)24(18)21-13-15-7-4-3-5-8-15/h3-5,7-13H,2,6,14H2,1H3/b21-13-. The molecule has 0 unspecified atom stereocenters. The number of benzene rings is 2. The summed E-state index contributed by atoms with van der Waals surface area (Å²) in [6.45, 7) is 2.13. The van der Waals surface area contributed by atoms with Crippen LogP contribution in [0.2, 0.25) is 5.02 Å². The lowest BCUT2D eigenvalue weighted by atomic mass is 10.2. The van der Waals surface area contributed by atoms with Gasteiger partial charge in [0.15, 0.2) is 5.82 Å². The minimum atomic E-state index is 0.745. The molecule has 0 fully saturated rings. The van der Waals surface area contributed by atoms with Gasteiger partial charge in [0.1, 0.15) is 0 Å². The van der Waals surface area contributed by atoms with Crippen LogP contribution >= 0.6 is 23.4 Å². The van der Waals surface area contributed by atoms with E-state index in [-0.39, 0.29) is 0 Å². The van der Waals surface area contributed by atoms with Gasteiger partial charge in [-0.2, -0.15) is 9.78 Å². The molecule has 1 heterocycles. The molecule has 0 radical (unpaired) electrons. The number of hydrogen-bond donors (Lipinski definition) is 0. The van der Waals surface area contributed by atoms with E-state index in [9.17, 15) is 0 Å². The molecular formula is C19H19ClN4S. The first kappa shape index (κ1) is 17.7. The van der Waals surface area contributed by atoms with Gasteiger partial charge in [0.05, 0.1) is 6.21 Å². The van der Waals surface area contributed by atoms with Gasteiger partial charge in [-0.05, 0) is 29.7 Å². The summed E-state index contributed by atoms with van der Waals surface area (Å²) >= 11 is 7.56. The van der Waals surface area contributed by atoms with E-state index in [2.05, 4.69) is 22.2 Å². The Balaban J connectivity index is 1.78. The molecular weight excluding hydrogens is 352 g/mol. The highest BCUT2D eigenvalue weighted by Crippen LogP contribution is 2.23. The van der Waals surface area contributed by atoms with Crippen molar-refractivity contribution in [1.82, 2.24) is 14.9 Å². The highest BCUT2D eigenvalue weighted by atomic mass is 35.5. The molecule has 0 saturated carbocycles. The van der Waals surface area contributed by atoms with Crippen molar-refractivity contribution in [2.45, 2.75) is 30.7 Å². The van der Waals surface area contributed by atoms with E-state index >= 15 is 0 Å². The average Bonchev–Trinajstić information content (AvgIpc) is 3.02. The Kier molecular flexibility index (Phi) is 6.25. The number of thioether (sulfide) groups is 1. The fourth-order valence-corrected chi connectivity index (χ4v) is 3.26. The maximum absolute atomic E-state index is 5.94. The number of hydrogen-bond acceptors (Lipinski definition) is 4. The first-order valence-corrected chi connectivity index (χ1v) is 9.53. The summed E-state index contributed by atoms with van der Waals surface area (Å²) in [6.07, 6.45) is 3.69. The highest BCUT2D eigenvalue weighted by molar-refractivity contribution is 7.98. The number of nitrogens with zero attached hydrogens (tertiary/aromatic N) is 4. The molecule has 3 aromatic rings. The zero-order chi connectivity index (χ0) is 17.5. The van der Waals surface area contributed by atoms with Crippen LogP contribution in [0.25, 0.3) is 0 Å². The molecule has 0 spiro atoms. The summed E-state index contributed by atoms with van der Waals surface area (Å²) in [5.74, 6) is 1.68. The maximum atomic E-state index is 5.94. The Morgan fingerprint density at radius 2 is 1.84 bits per heavy atom. The molecule has 0 N–H and O–H groups in total. The van der Waals surface area contributed by atoms with Crippen molar-refractivity contribution < 1.29 is 0 Å². The predicted octanol–water partition coefficient (Wildman–Crippen LogP) is 5.06. The quantitative estimate of drug-likeness (QED) is 0.431. The van der Waals surface area contributed by atoms with Crippen molar-refractivity contribution in [1.29, 1.82) is 0 Å². The third kappa shape index (κ3) is 4.94. The molecule has 0 bridgehead atoms. The Morgan fingerprint density at radius 3 is 2.56 bits per heavy atom. The van der Waals surface area contributed by atoms with E-state index in [0.717, 1.165) is 40.2 Å². The normalized spacial score (nSPS) is 11.3. The van der Waals surface area contributed by atoms with Gasteiger partial charge in [0.25, 0.3) is 0 Å². The van der Waals surface area contributed by atoms with Crippen LogP contribution in [0.1, 0.15) is 30.3 Å². The molecule has 6 heteroatoms. The Labute approximate surface area is 156 Å². The summed E-state index contributed by atoms with van der Waals surface area (Å²) in [4.78, 5) is 0. The molecule has 0 amide bonds. The topological polar surface area (TPSA) is 43.1 Å². The lowest BCUT2D eigenvalue weighted by Crippen LogP contribution is -2.00. The van der Waals surface area contributed by atoms with Crippen molar-refractivity contribution in [2.75, 3.05) is 0 Å². The van der Waals surface area contributed by atoms with Crippen LogP contribution < -0.4 is 0 Å². The van der Waals surface area contributed by atoms with Crippen LogP contribution in [0.5, 0.6) is 0 Å².